The molecule has 0 bridgehead atoms. The second kappa shape index (κ2) is 7.79. The molecule has 2 saturated heterocycles. The van der Waals surface area contributed by atoms with Crippen LogP contribution in [0, 0.1) is 0 Å². The molecule has 0 aromatic rings. The van der Waals surface area contributed by atoms with E-state index in [9.17, 15) is 4.79 Å². The Morgan fingerprint density at radius 2 is 2.11 bits per heavy atom. The van der Waals surface area contributed by atoms with Crippen LogP contribution in [0.5, 0.6) is 0 Å². The van der Waals surface area contributed by atoms with Crippen LogP contribution in [0.25, 0.3) is 0 Å². The molecule has 0 atom stereocenters. The zero-order valence-electron chi connectivity index (χ0n) is 11.9. The predicted octanol–water partition coefficient (Wildman–Crippen LogP) is -1.27. The van der Waals surface area contributed by atoms with Crippen LogP contribution in [-0.2, 0) is 9.53 Å². The van der Waals surface area contributed by atoms with Gasteiger partial charge in [0.25, 0.3) is 0 Å². The van der Waals surface area contributed by atoms with Crippen LogP contribution in [-0.4, -0.2) is 87.8 Å². The largest absolute Gasteiger partial charge is 0.385 e. The topological polar surface area (TPSA) is 56.8 Å². The Labute approximate surface area is 115 Å². The molecule has 6 nitrogen and oxygen atoms in total. The highest BCUT2D eigenvalue weighted by Crippen LogP contribution is 2.14. The summed E-state index contributed by atoms with van der Waals surface area (Å²) in [6.45, 7) is 8.49. The average molecular weight is 270 g/mol. The van der Waals surface area contributed by atoms with Crippen LogP contribution < -0.4 is 10.6 Å². The van der Waals surface area contributed by atoms with Gasteiger partial charge in [-0.25, -0.2) is 0 Å². The number of rotatable bonds is 7. The van der Waals surface area contributed by atoms with Gasteiger partial charge in [-0.15, -0.1) is 0 Å². The van der Waals surface area contributed by atoms with Crippen LogP contribution in [0.2, 0.25) is 0 Å². The molecule has 0 radical (unpaired) electrons. The maximum atomic E-state index is 11.7. The number of hydrogen-bond donors (Lipinski definition) is 2. The SMILES string of the molecule is COCCCNC(=O)CN1CC(N2CCNCC2)C1. The molecule has 0 aromatic carbocycles. The maximum Gasteiger partial charge on any atom is 0.234 e. The Morgan fingerprint density at radius 1 is 1.37 bits per heavy atom. The van der Waals surface area contributed by atoms with Gasteiger partial charge in [0, 0.05) is 65.6 Å². The lowest BCUT2D eigenvalue weighted by molar-refractivity contribution is -0.124. The number of nitrogens with one attached hydrogen (secondary N) is 2. The third-order valence-electron chi connectivity index (χ3n) is 3.82. The second-order valence-electron chi connectivity index (χ2n) is 5.33. The normalized spacial score (nSPS) is 22.2. The zero-order chi connectivity index (χ0) is 13.5. The van der Waals surface area contributed by atoms with Crippen LogP contribution >= 0.6 is 0 Å². The van der Waals surface area contributed by atoms with E-state index in [0.717, 1.165) is 45.7 Å². The molecule has 1 amide bonds. The van der Waals surface area contributed by atoms with Crippen molar-refractivity contribution in [3.05, 3.63) is 0 Å². The first-order chi connectivity index (χ1) is 9.29. The third-order valence-corrected chi connectivity index (χ3v) is 3.82. The number of amides is 1. The quantitative estimate of drug-likeness (QED) is 0.565. The smallest absolute Gasteiger partial charge is 0.234 e. The Bertz CT molecular complexity index is 276. The van der Waals surface area contributed by atoms with Gasteiger partial charge in [0.1, 0.15) is 0 Å². The first-order valence-electron chi connectivity index (χ1n) is 7.22. The standard InChI is InChI=1S/C13H26N4O2/c1-19-8-2-3-15-13(18)11-16-9-12(10-16)17-6-4-14-5-7-17/h12,14H,2-11H2,1H3,(H,15,18). The van der Waals surface area contributed by atoms with Crippen LogP contribution in [0.3, 0.4) is 0 Å². The third kappa shape index (κ3) is 4.72. The van der Waals surface area contributed by atoms with E-state index in [1.807, 2.05) is 0 Å². The first-order valence-corrected chi connectivity index (χ1v) is 7.22. The summed E-state index contributed by atoms with van der Waals surface area (Å²) in [5.41, 5.74) is 0. The number of carbonyl (C=O) groups excluding carboxylic acids is 1. The van der Waals surface area contributed by atoms with E-state index in [1.54, 1.807) is 7.11 Å². The Morgan fingerprint density at radius 3 is 2.79 bits per heavy atom. The number of hydrogen-bond acceptors (Lipinski definition) is 5. The average Bonchev–Trinajstić information content (AvgIpc) is 2.39. The predicted molar refractivity (Wildman–Crippen MR) is 74.2 cm³/mol. The van der Waals surface area contributed by atoms with Gasteiger partial charge >= 0.3 is 0 Å². The van der Waals surface area contributed by atoms with Crippen molar-refractivity contribution in [3.63, 3.8) is 0 Å². The van der Waals surface area contributed by atoms with Crippen molar-refractivity contribution in [3.8, 4) is 0 Å². The van der Waals surface area contributed by atoms with Gasteiger partial charge in [0.2, 0.25) is 5.91 Å². The maximum absolute atomic E-state index is 11.7. The van der Waals surface area contributed by atoms with Crippen molar-refractivity contribution in [1.82, 2.24) is 20.4 Å². The summed E-state index contributed by atoms with van der Waals surface area (Å²) < 4.78 is 4.95. The summed E-state index contributed by atoms with van der Waals surface area (Å²) in [6.07, 6.45) is 0.881. The number of likely N-dealkylation sites (tertiary alicyclic amines) is 1. The van der Waals surface area contributed by atoms with Crippen molar-refractivity contribution in [2.24, 2.45) is 0 Å². The number of carbonyl (C=O) groups is 1. The summed E-state index contributed by atoms with van der Waals surface area (Å²) >= 11 is 0. The minimum atomic E-state index is 0.134. The first kappa shape index (κ1) is 14.7. The van der Waals surface area contributed by atoms with Crippen LogP contribution in [0.15, 0.2) is 0 Å². The molecule has 110 valence electrons. The van der Waals surface area contributed by atoms with Gasteiger partial charge < -0.3 is 15.4 Å². The van der Waals surface area contributed by atoms with Crippen molar-refractivity contribution in [2.75, 3.05) is 66.1 Å². The Kier molecular flexibility index (Phi) is 6.03. The number of nitrogens with zero attached hydrogens (tertiary/aromatic N) is 2. The fraction of sp³-hybridized carbons (Fsp3) is 0.923. The van der Waals surface area contributed by atoms with Gasteiger partial charge in [0.15, 0.2) is 0 Å². The van der Waals surface area contributed by atoms with Crippen molar-refractivity contribution in [2.45, 2.75) is 12.5 Å². The molecule has 0 aliphatic carbocycles. The highest BCUT2D eigenvalue weighted by Gasteiger charge is 2.32. The molecule has 2 aliphatic rings. The van der Waals surface area contributed by atoms with Crippen LogP contribution in [0.4, 0.5) is 0 Å². The van der Waals surface area contributed by atoms with E-state index >= 15 is 0 Å². The summed E-state index contributed by atoms with van der Waals surface area (Å²) in [5.74, 6) is 0.134. The lowest BCUT2D eigenvalue weighted by Gasteiger charge is -2.46. The molecule has 0 aromatic heterocycles. The van der Waals surface area contributed by atoms with Crippen molar-refractivity contribution in [1.29, 1.82) is 0 Å². The molecular weight excluding hydrogens is 244 g/mol. The molecule has 0 spiro atoms. The Hall–Kier alpha value is -0.690. The molecule has 6 heteroatoms. The molecule has 2 heterocycles. The molecule has 2 N–H and O–H groups in total. The lowest BCUT2D eigenvalue weighted by atomic mass is 10.1. The van der Waals surface area contributed by atoms with E-state index in [2.05, 4.69) is 20.4 Å². The van der Waals surface area contributed by atoms with Crippen molar-refractivity contribution >= 4 is 5.91 Å². The summed E-state index contributed by atoms with van der Waals surface area (Å²) in [6, 6.07) is 0.656. The van der Waals surface area contributed by atoms with Gasteiger partial charge in [0.05, 0.1) is 6.54 Å². The van der Waals surface area contributed by atoms with Crippen molar-refractivity contribution < 1.29 is 9.53 Å². The molecule has 0 unspecified atom stereocenters. The molecule has 2 rings (SSSR count). The molecule has 19 heavy (non-hydrogen) atoms. The summed E-state index contributed by atoms with van der Waals surface area (Å²) in [4.78, 5) is 16.4. The van der Waals surface area contributed by atoms with Crippen LogP contribution in [0.1, 0.15) is 6.42 Å². The van der Waals surface area contributed by atoms with E-state index < -0.39 is 0 Å². The van der Waals surface area contributed by atoms with E-state index in [4.69, 9.17) is 4.74 Å². The second-order valence-corrected chi connectivity index (χ2v) is 5.33. The summed E-state index contributed by atoms with van der Waals surface area (Å²) in [5, 5.41) is 6.29. The Balaban J connectivity index is 1.53. The van der Waals surface area contributed by atoms with Gasteiger partial charge in [-0.1, -0.05) is 0 Å². The van der Waals surface area contributed by atoms with Gasteiger partial charge in [-0.05, 0) is 6.42 Å². The highest BCUT2D eigenvalue weighted by molar-refractivity contribution is 5.78. The molecule has 2 aliphatic heterocycles. The van der Waals surface area contributed by atoms with Gasteiger partial charge in [-0.3, -0.25) is 14.6 Å². The molecule has 2 fully saturated rings. The minimum Gasteiger partial charge on any atom is -0.385 e. The van der Waals surface area contributed by atoms with Gasteiger partial charge in [-0.2, -0.15) is 0 Å². The molecule has 0 saturated carbocycles. The monoisotopic (exact) mass is 270 g/mol. The number of piperazine rings is 1. The fourth-order valence-electron chi connectivity index (χ4n) is 2.65. The minimum absolute atomic E-state index is 0.134. The van der Waals surface area contributed by atoms with E-state index in [1.165, 1.54) is 0 Å². The lowest BCUT2D eigenvalue weighted by Crippen LogP contribution is -2.63. The number of ether oxygens (including phenoxy) is 1. The number of methoxy groups -OCH3 is 1. The highest BCUT2D eigenvalue weighted by atomic mass is 16.5. The summed E-state index contributed by atoms with van der Waals surface area (Å²) in [7, 11) is 1.68. The zero-order valence-corrected chi connectivity index (χ0v) is 11.9. The van der Waals surface area contributed by atoms with E-state index in [-0.39, 0.29) is 5.91 Å². The molecular formula is C13H26N4O2. The van der Waals surface area contributed by atoms with E-state index in [0.29, 0.717) is 25.7 Å². The fourth-order valence-corrected chi connectivity index (χ4v) is 2.65.